The average molecular weight is 145 g/mol. The molecular formula is C4H12KNO2-2. The number of hydrogen-bond acceptors (Lipinski definition) is 2. The summed E-state index contributed by atoms with van der Waals surface area (Å²) < 4.78 is 8.00. The van der Waals surface area contributed by atoms with Gasteiger partial charge in [-0.25, -0.2) is 14.2 Å². The summed E-state index contributed by atoms with van der Waals surface area (Å²) in [6.45, 7) is 0. The molecule has 0 aliphatic heterocycles. The van der Waals surface area contributed by atoms with Crippen LogP contribution in [0.25, 0.3) is 6.15 Å². The van der Waals surface area contributed by atoms with Crippen molar-refractivity contribution in [2.75, 3.05) is 14.2 Å². The maximum absolute atomic E-state index is 4.00. The molecule has 2 N–H and O–H groups in total. The number of ether oxygens (including phenoxy) is 2. The van der Waals surface area contributed by atoms with Gasteiger partial charge in [-0.05, 0) is 14.2 Å². The molecule has 0 heterocycles. The van der Waals surface area contributed by atoms with Gasteiger partial charge < -0.3 is 15.6 Å². The molecule has 0 fully saturated rings. The van der Waals surface area contributed by atoms with E-state index in [2.05, 4.69) is 23.7 Å². The molecule has 0 aromatic carbocycles. The van der Waals surface area contributed by atoms with Crippen LogP contribution < -0.4 is 51.4 Å². The van der Waals surface area contributed by atoms with Crippen LogP contribution in [0.3, 0.4) is 0 Å². The van der Waals surface area contributed by atoms with Crippen LogP contribution in [0.15, 0.2) is 0 Å². The SMILES string of the molecule is [CH2-]OC.[CH2-]OC.[K+].[NH2-]. The summed E-state index contributed by atoms with van der Waals surface area (Å²) in [6, 6.07) is 0. The minimum absolute atomic E-state index is 0. The molecule has 0 aromatic rings. The van der Waals surface area contributed by atoms with E-state index in [4.69, 9.17) is 0 Å². The maximum Gasteiger partial charge on any atom is 1.00 e. The Morgan fingerprint density at radius 2 is 1.00 bits per heavy atom. The van der Waals surface area contributed by atoms with Crippen LogP contribution in [0.1, 0.15) is 0 Å². The van der Waals surface area contributed by atoms with Gasteiger partial charge in [-0.3, -0.25) is 0 Å². The Labute approximate surface area is 94.1 Å². The molecule has 0 rings (SSSR count). The van der Waals surface area contributed by atoms with Crippen LogP contribution >= 0.6 is 0 Å². The van der Waals surface area contributed by atoms with Crippen molar-refractivity contribution in [1.29, 1.82) is 0 Å². The maximum atomic E-state index is 4.00. The van der Waals surface area contributed by atoms with Crippen LogP contribution in [-0.2, 0) is 9.47 Å². The fourth-order valence-electron chi connectivity index (χ4n) is 0. The average Bonchev–Trinajstić information content (AvgIpc) is 1.39. The van der Waals surface area contributed by atoms with Crippen molar-refractivity contribution in [3.63, 3.8) is 0 Å². The zero-order valence-electron chi connectivity index (χ0n) is 5.81. The third-order valence-electron chi connectivity index (χ3n) is 0. The Morgan fingerprint density at radius 3 is 1.00 bits per heavy atom. The first kappa shape index (κ1) is 22.7. The van der Waals surface area contributed by atoms with Crippen molar-refractivity contribution >= 4 is 0 Å². The van der Waals surface area contributed by atoms with Crippen molar-refractivity contribution < 1.29 is 60.9 Å². The zero-order valence-corrected chi connectivity index (χ0v) is 8.93. The summed E-state index contributed by atoms with van der Waals surface area (Å²) in [5.41, 5.74) is 0. The number of rotatable bonds is 0. The van der Waals surface area contributed by atoms with E-state index in [-0.39, 0.29) is 57.5 Å². The fourth-order valence-corrected chi connectivity index (χ4v) is 0. The summed E-state index contributed by atoms with van der Waals surface area (Å²) >= 11 is 0. The van der Waals surface area contributed by atoms with E-state index in [9.17, 15) is 0 Å². The Kier molecular flexibility index (Phi) is 110. The molecule has 0 bridgehead atoms. The fraction of sp³-hybridized carbons (Fsp3) is 0.500. The van der Waals surface area contributed by atoms with Crippen LogP contribution in [0.4, 0.5) is 0 Å². The first-order valence-corrected chi connectivity index (χ1v) is 1.39. The van der Waals surface area contributed by atoms with E-state index in [0.29, 0.717) is 0 Å². The Hall–Kier alpha value is 1.52. The molecule has 8 heavy (non-hydrogen) atoms. The second kappa shape index (κ2) is 38.9. The van der Waals surface area contributed by atoms with Crippen molar-refractivity contribution in [3.05, 3.63) is 20.4 Å². The van der Waals surface area contributed by atoms with Gasteiger partial charge in [0.2, 0.25) is 0 Å². The van der Waals surface area contributed by atoms with Gasteiger partial charge in [-0.2, -0.15) is 0 Å². The molecule has 3 nitrogen and oxygen atoms in total. The molecule has 0 aromatic heterocycles. The van der Waals surface area contributed by atoms with E-state index in [0.717, 1.165) is 0 Å². The molecular weight excluding hydrogens is 133 g/mol. The van der Waals surface area contributed by atoms with Gasteiger partial charge >= 0.3 is 51.4 Å². The quantitative estimate of drug-likeness (QED) is 0.310. The van der Waals surface area contributed by atoms with E-state index in [1.807, 2.05) is 0 Å². The number of nitrogens with two attached hydrogens (primary N) is 1. The van der Waals surface area contributed by atoms with Gasteiger partial charge in [0.15, 0.2) is 0 Å². The molecule has 0 radical (unpaired) electrons. The second-order valence-corrected chi connectivity index (χ2v) is 0.577. The molecule has 0 amide bonds. The predicted molar refractivity (Wildman–Crippen MR) is 30.0 cm³/mol. The minimum Gasteiger partial charge on any atom is -0.693 e. The molecule has 0 unspecified atom stereocenters. The Morgan fingerprint density at radius 1 is 1.00 bits per heavy atom. The summed E-state index contributed by atoms with van der Waals surface area (Å²) in [5, 5.41) is 0. The van der Waals surface area contributed by atoms with Crippen molar-refractivity contribution in [2.45, 2.75) is 0 Å². The van der Waals surface area contributed by atoms with Crippen LogP contribution in [0.5, 0.6) is 0 Å². The molecule has 4 heteroatoms. The molecule has 0 spiro atoms. The molecule has 0 saturated carbocycles. The minimum atomic E-state index is 0. The van der Waals surface area contributed by atoms with Gasteiger partial charge in [0.1, 0.15) is 0 Å². The third kappa shape index (κ3) is 139. The van der Waals surface area contributed by atoms with Gasteiger partial charge in [0.25, 0.3) is 0 Å². The van der Waals surface area contributed by atoms with E-state index in [1.165, 1.54) is 14.2 Å². The second-order valence-electron chi connectivity index (χ2n) is 0.577. The third-order valence-corrected chi connectivity index (χ3v) is 0. The van der Waals surface area contributed by atoms with Gasteiger partial charge in [0.05, 0.1) is 0 Å². The Balaban J connectivity index is -0.0000000160. The van der Waals surface area contributed by atoms with Crippen LogP contribution in [-0.4, -0.2) is 14.2 Å². The van der Waals surface area contributed by atoms with Gasteiger partial charge in [-0.15, -0.1) is 0 Å². The van der Waals surface area contributed by atoms with Gasteiger partial charge in [0, 0.05) is 0 Å². The zero-order chi connectivity index (χ0) is 5.41. The molecule has 0 saturated heterocycles. The van der Waals surface area contributed by atoms with Crippen LogP contribution in [0, 0.1) is 14.2 Å². The summed E-state index contributed by atoms with van der Waals surface area (Å²) in [6.07, 6.45) is 0. The van der Waals surface area contributed by atoms with Gasteiger partial charge in [-0.1, -0.05) is 0 Å². The smallest absolute Gasteiger partial charge is 0.693 e. The van der Waals surface area contributed by atoms with Crippen molar-refractivity contribution in [2.24, 2.45) is 0 Å². The molecule has 48 valence electrons. The molecule has 0 aliphatic carbocycles. The first-order valence-electron chi connectivity index (χ1n) is 1.39. The largest absolute Gasteiger partial charge is 1.00 e. The predicted octanol–water partition coefficient (Wildman–Crippen LogP) is -1.43. The Bertz CT molecular complexity index is 16.0. The molecule has 0 aliphatic rings. The van der Waals surface area contributed by atoms with E-state index in [1.54, 1.807) is 0 Å². The van der Waals surface area contributed by atoms with Crippen molar-refractivity contribution in [3.8, 4) is 0 Å². The molecule has 0 atom stereocenters. The summed E-state index contributed by atoms with van der Waals surface area (Å²) in [4.78, 5) is 0. The number of methoxy groups -OCH3 is 2. The number of hydrogen-bond donors (Lipinski definition) is 0. The normalized spacial score (nSPS) is 4.50. The standard InChI is InChI=1S/2C2H5O.K.H2N/c2*1-3-2;;/h2*1H2,2H3;;1H2/q2*-1;+1;-1. The summed E-state index contributed by atoms with van der Waals surface area (Å²) in [5.74, 6) is 0. The van der Waals surface area contributed by atoms with Crippen molar-refractivity contribution in [1.82, 2.24) is 0 Å². The first-order chi connectivity index (χ1) is 2.83. The summed E-state index contributed by atoms with van der Waals surface area (Å²) in [7, 11) is 9.00. The van der Waals surface area contributed by atoms with Crippen LogP contribution in [0.2, 0.25) is 0 Å². The van der Waals surface area contributed by atoms with E-state index >= 15 is 0 Å². The monoisotopic (exact) mass is 145 g/mol. The topological polar surface area (TPSA) is 52.0 Å². The van der Waals surface area contributed by atoms with E-state index < -0.39 is 0 Å².